The van der Waals surface area contributed by atoms with Crippen LogP contribution in [-0.4, -0.2) is 25.2 Å². The number of anilines is 1. The summed E-state index contributed by atoms with van der Waals surface area (Å²) >= 11 is 0. The Hall–Kier alpha value is -2.18. The molecule has 2 aromatic carbocycles. The van der Waals surface area contributed by atoms with Gasteiger partial charge in [0.25, 0.3) is 0 Å². The topological polar surface area (TPSA) is 66.5 Å². The second-order valence-electron chi connectivity index (χ2n) is 5.89. The number of nitrogens with zero attached hydrogens (tertiary/aromatic N) is 1. The Kier molecular flexibility index (Phi) is 4.69. The summed E-state index contributed by atoms with van der Waals surface area (Å²) in [7, 11) is -3.56. The van der Waals surface area contributed by atoms with Crippen molar-refractivity contribution in [3.8, 4) is 0 Å². The number of nitrogens with one attached hydrogen (secondary N) is 1. The molecule has 0 saturated carbocycles. The maximum absolute atomic E-state index is 13.0. The van der Waals surface area contributed by atoms with E-state index in [1.165, 1.54) is 6.92 Å². The molecular weight excluding hydrogens is 324 g/mol. The smallest absolute Gasteiger partial charge is 0.243 e. The molecule has 0 aromatic heterocycles. The van der Waals surface area contributed by atoms with Crippen LogP contribution < -0.4 is 5.32 Å². The first-order valence-electron chi connectivity index (χ1n) is 7.93. The van der Waals surface area contributed by atoms with E-state index < -0.39 is 10.0 Å². The van der Waals surface area contributed by atoms with Crippen molar-refractivity contribution < 1.29 is 13.2 Å². The molecule has 1 amide bonds. The highest BCUT2D eigenvalue weighted by Gasteiger charge is 2.35. The third-order valence-corrected chi connectivity index (χ3v) is 6.09. The van der Waals surface area contributed by atoms with Crippen LogP contribution in [0.5, 0.6) is 0 Å². The van der Waals surface area contributed by atoms with Crippen LogP contribution in [0, 0.1) is 0 Å². The standard InChI is InChI=1S/C18H20N2O3S/c1-14(21)19-16-9-11-17(12-10-16)24(22,23)20-13-5-8-18(20)15-6-3-2-4-7-15/h2-4,6-7,9-12,18H,5,8,13H2,1H3,(H,19,21). The van der Waals surface area contributed by atoms with Crippen molar-refractivity contribution in [3.05, 3.63) is 60.2 Å². The lowest BCUT2D eigenvalue weighted by atomic mass is 10.1. The molecular formula is C18H20N2O3S. The molecule has 1 aliphatic heterocycles. The Morgan fingerprint density at radius 3 is 2.38 bits per heavy atom. The van der Waals surface area contributed by atoms with Gasteiger partial charge in [-0.15, -0.1) is 0 Å². The molecule has 1 aliphatic rings. The van der Waals surface area contributed by atoms with E-state index in [2.05, 4.69) is 5.32 Å². The average molecular weight is 344 g/mol. The van der Waals surface area contributed by atoms with Gasteiger partial charge in [0.05, 0.1) is 10.9 Å². The number of sulfonamides is 1. The molecule has 1 heterocycles. The summed E-state index contributed by atoms with van der Waals surface area (Å²) in [6.45, 7) is 1.94. The van der Waals surface area contributed by atoms with Crippen molar-refractivity contribution in [2.75, 3.05) is 11.9 Å². The van der Waals surface area contributed by atoms with E-state index in [0.29, 0.717) is 12.2 Å². The van der Waals surface area contributed by atoms with Crippen LogP contribution in [-0.2, 0) is 14.8 Å². The summed E-state index contributed by atoms with van der Waals surface area (Å²) in [6, 6.07) is 15.9. The third kappa shape index (κ3) is 3.34. The van der Waals surface area contributed by atoms with Gasteiger partial charge in [-0.1, -0.05) is 30.3 Å². The van der Waals surface area contributed by atoms with Crippen molar-refractivity contribution in [3.63, 3.8) is 0 Å². The molecule has 1 saturated heterocycles. The highest BCUT2D eigenvalue weighted by Crippen LogP contribution is 2.36. The van der Waals surface area contributed by atoms with Crippen LogP contribution in [0.3, 0.4) is 0 Å². The highest BCUT2D eigenvalue weighted by atomic mass is 32.2. The maximum atomic E-state index is 13.0. The van der Waals surface area contributed by atoms with E-state index in [1.54, 1.807) is 28.6 Å². The normalized spacial score (nSPS) is 18.5. The Labute approximate surface area is 142 Å². The van der Waals surface area contributed by atoms with Gasteiger partial charge in [0.2, 0.25) is 15.9 Å². The zero-order valence-corrected chi connectivity index (χ0v) is 14.3. The molecule has 1 unspecified atom stereocenters. The number of hydrogen-bond acceptors (Lipinski definition) is 3. The Morgan fingerprint density at radius 1 is 1.08 bits per heavy atom. The predicted molar refractivity (Wildman–Crippen MR) is 93.1 cm³/mol. The fraction of sp³-hybridized carbons (Fsp3) is 0.278. The van der Waals surface area contributed by atoms with Crippen molar-refractivity contribution in [1.82, 2.24) is 4.31 Å². The quantitative estimate of drug-likeness (QED) is 0.926. The van der Waals surface area contributed by atoms with Crippen molar-refractivity contribution in [2.24, 2.45) is 0 Å². The maximum Gasteiger partial charge on any atom is 0.243 e. The number of carbonyl (C=O) groups is 1. The van der Waals surface area contributed by atoms with E-state index in [0.717, 1.165) is 18.4 Å². The summed E-state index contributed by atoms with van der Waals surface area (Å²) in [5, 5.41) is 2.64. The number of benzene rings is 2. The summed E-state index contributed by atoms with van der Waals surface area (Å²) in [6.07, 6.45) is 1.68. The van der Waals surface area contributed by atoms with Crippen LogP contribution in [0.25, 0.3) is 0 Å². The molecule has 3 rings (SSSR count). The Morgan fingerprint density at radius 2 is 1.75 bits per heavy atom. The molecule has 6 heteroatoms. The minimum absolute atomic E-state index is 0.119. The second kappa shape index (κ2) is 6.75. The number of amides is 1. The SMILES string of the molecule is CC(=O)Nc1ccc(S(=O)(=O)N2CCCC2c2ccccc2)cc1. The summed E-state index contributed by atoms with van der Waals surface area (Å²) < 4.78 is 27.6. The molecule has 0 bridgehead atoms. The second-order valence-corrected chi connectivity index (χ2v) is 7.78. The van der Waals surface area contributed by atoms with Crippen molar-refractivity contribution >= 4 is 21.6 Å². The molecule has 2 aromatic rings. The van der Waals surface area contributed by atoms with Gasteiger partial charge in [-0.2, -0.15) is 4.31 Å². The largest absolute Gasteiger partial charge is 0.326 e. The molecule has 5 nitrogen and oxygen atoms in total. The zero-order chi connectivity index (χ0) is 17.2. The van der Waals surface area contributed by atoms with Gasteiger partial charge in [-0.05, 0) is 42.7 Å². The lowest BCUT2D eigenvalue weighted by Gasteiger charge is -2.24. The predicted octanol–water partition coefficient (Wildman–Crippen LogP) is 3.17. The van der Waals surface area contributed by atoms with Crippen molar-refractivity contribution in [1.29, 1.82) is 0 Å². The Bertz CT molecular complexity index is 817. The summed E-state index contributed by atoms with van der Waals surface area (Å²) in [5.74, 6) is -0.186. The van der Waals surface area contributed by atoms with Crippen LogP contribution in [0.15, 0.2) is 59.5 Å². The van der Waals surface area contributed by atoms with Crippen molar-refractivity contribution in [2.45, 2.75) is 30.7 Å². The fourth-order valence-electron chi connectivity index (χ4n) is 3.09. The first-order chi connectivity index (χ1) is 11.5. The number of rotatable bonds is 4. The molecule has 0 spiro atoms. The molecule has 126 valence electrons. The fourth-order valence-corrected chi connectivity index (χ4v) is 4.77. The van der Waals surface area contributed by atoms with Gasteiger partial charge in [0.15, 0.2) is 0 Å². The molecule has 1 N–H and O–H groups in total. The van der Waals surface area contributed by atoms with E-state index in [-0.39, 0.29) is 16.8 Å². The lowest BCUT2D eigenvalue weighted by molar-refractivity contribution is -0.114. The van der Waals surface area contributed by atoms with Gasteiger partial charge >= 0.3 is 0 Å². The molecule has 1 atom stereocenters. The monoisotopic (exact) mass is 344 g/mol. The van der Waals surface area contributed by atoms with Crippen LogP contribution >= 0.6 is 0 Å². The first-order valence-corrected chi connectivity index (χ1v) is 9.37. The van der Waals surface area contributed by atoms with E-state index >= 15 is 0 Å². The van der Waals surface area contributed by atoms with Gasteiger partial charge < -0.3 is 5.32 Å². The van der Waals surface area contributed by atoms with Crippen LogP contribution in [0.4, 0.5) is 5.69 Å². The molecule has 1 fully saturated rings. The lowest BCUT2D eigenvalue weighted by Crippen LogP contribution is -2.30. The average Bonchev–Trinajstić information content (AvgIpc) is 3.06. The molecule has 0 aliphatic carbocycles. The van der Waals surface area contributed by atoms with Gasteiger partial charge in [-0.3, -0.25) is 4.79 Å². The minimum Gasteiger partial charge on any atom is -0.326 e. The van der Waals surface area contributed by atoms with Gasteiger partial charge in [0.1, 0.15) is 0 Å². The Balaban J connectivity index is 1.88. The third-order valence-electron chi connectivity index (χ3n) is 4.17. The summed E-state index contributed by atoms with van der Waals surface area (Å²) in [4.78, 5) is 11.3. The summed E-state index contributed by atoms with van der Waals surface area (Å²) in [5.41, 5.74) is 1.61. The number of carbonyl (C=O) groups excluding carboxylic acids is 1. The molecule has 0 radical (unpaired) electrons. The molecule has 24 heavy (non-hydrogen) atoms. The van der Waals surface area contributed by atoms with E-state index in [4.69, 9.17) is 0 Å². The van der Waals surface area contributed by atoms with E-state index in [1.807, 2.05) is 30.3 Å². The van der Waals surface area contributed by atoms with E-state index in [9.17, 15) is 13.2 Å². The zero-order valence-electron chi connectivity index (χ0n) is 13.5. The van der Waals surface area contributed by atoms with Crippen LogP contribution in [0.1, 0.15) is 31.4 Å². The minimum atomic E-state index is -3.56. The first kappa shape index (κ1) is 16.7. The van der Waals surface area contributed by atoms with Crippen LogP contribution in [0.2, 0.25) is 0 Å². The van der Waals surface area contributed by atoms with Gasteiger partial charge in [0, 0.05) is 19.2 Å². The van der Waals surface area contributed by atoms with Gasteiger partial charge in [-0.25, -0.2) is 8.42 Å². The highest BCUT2D eigenvalue weighted by molar-refractivity contribution is 7.89. The number of hydrogen-bond donors (Lipinski definition) is 1.